The zero-order chi connectivity index (χ0) is 14.4. The minimum atomic E-state index is 0.966. The van der Waals surface area contributed by atoms with Crippen LogP contribution in [0.25, 0.3) is 0 Å². The molecule has 0 radical (unpaired) electrons. The quantitative estimate of drug-likeness (QED) is 0.856. The van der Waals surface area contributed by atoms with Gasteiger partial charge in [0, 0.05) is 25.3 Å². The largest absolute Gasteiger partial charge is 0.384 e. The Balaban J connectivity index is 1.79. The minimum Gasteiger partial charge on any atom is -0.384 e. The summed E-state index contributed by atoms with van der Waals surface area (Å²) in [5, 5.41) is 3.53. The zero-order valence-electron chi connectivity index (χ0n) is 12.7. The minimum absolute atomic E-state index is 0.966. The third kappa shape index (κ3) is 4.10. The van der Waals surface area contributed by atoms with E-state index in [1.54, 1.807) is 0 Å². The van der Waals surface area contributed by atoms with E-state index in [2.05, 4.69) is 79.6 Å². The SMILES string of the molecule is Cc1cccc(NCCN(C)Cc2ccccc2)c1C. The Labute approximate surface area is 122 Å². The number of nitrogens with zero attached hydrogens (tertiary/aromatic N) is 1. The van der Waals surface area contributed by atoms with Crippen LogP contribution in [0.3, 0.4) is 0 Å². The molecule has 0 aliphatic heterocycles. The van der Waals surface area contributed by atoms with E-state index < -0.39 is 0 Å². The van der Waals surface area contributed by atoms with Crippen molar-refractivity contribution in [1.29, 1.82) is 0 Å². The maximum atomic E-state index is 3.53. The molecule has 2 aromatic carbocycles. The van der Waals surface area contributed by atoms with Crippen molar-refractivity contribution in [3.05, 3.63) is 65.2 Å². The van der Waals surface area contributed by atoms with E-state index in [1.807, 2.05) is 0 Å². The van der Waals surface area contributed by atoms with Crippen LogP contribution in [-0.2, 0) is 6.54 Å². The number of anilines is 1. The van der Waals surface area contributed by atoms with Crippen LogP contribution < -0.4 is 5.32 Å². The molecule has 2 rings (SSSR count). The first-order valence-electron chi connectivity index (χ1n) is 7.19. The highest BCUT2D eigenvalue weighted by Gasteiger charge is 2.02. The summed E-state index contributed by atoms with van der Waals surface area (Å²) in [6.07, 6.45) is 0. The van der Waals surface area contributed by atoms with Crippen molar-refractivity contribution in [2.75, 3.05) is 25.5 Å². The smallest absolute Gasteiger partial charge is 0.0372 e. The first kappa shape index (κ1) is 14.6. The van der Waals surface area contributed by atoms with E-state index in [-0.39, 0.29) is 0 Å². The van der Waals surface area contributed by atoms with Crippen LogP contribution in [0.15, 0.2) is 48.5 Å². The summed E-state index contributed by atoms with van der Waals surface area (Å²) in [5.41, 5.74) is 5.30. The van der Waals surface area contributed by atoms with Gasteiger partial charge in [0.25, 0.3) is 0 Å². The predicted molar refractivity (Wildman–Crippen MR) is 87.2 cm³/mol. The van der Waals surface area contributed by atoms with Gasteiger partial charge in [-0.15, -0.1) is 0 Å². The van der Waals surface area contributed by atoms with Crippen LogP contribution >= 0.6 is 0 Å². The Morgan fingerprint density at radius 3 is 2.45 bits per heavy atom. The van der Waals surface area contributed by atoms with Gasteiger partial charge in [-0.05, 0) is 43.7 Å². The van der Waals surface area contributed by atoms with Crippen LogP contribution in [0.1, 0.15) is 16.7 Å². The van der Waals surface area contributed by atoms with Crippen LogP contribution in [-0.4, -0.2) is 25.0 Å². The molecule has 0 aliphatic rings. The monoisotopic (exact) mass is 268 g/mol. The molecule has 2 aromatic rings. The average Bonchev–Trinajstić information content (AvgIpc) is 2.44. The number of hydrogen-bond acceptors (Lipinski definition) is 2. The lowest BCUT2D eigenvalue weighted by atomic mass is 10.1. The van der Waals surface area contributed by atoms with Crippen molar-refractivity contribution >= 4 is 5.69 Å². The molecule has 2 heteroatoms. The van der Waals surface area contributed by atoms with Gasteiger partial charge in [0.15, 0.2) is 0 Å². The maximum absolute atomic E-state index is 3.53. The number of hydrogen-bond donors (Lipinski definition) is 1. The predicted octanol–water partition coefficient (Wildman–Crippen LogP) is 3.85. The fourth-order valence-electron chi connectivity index (χ4n) is 2.30. The molecule has 0 saturated heterocycles. The van der Waals surface area contributed by atoms with E-state index in [1.165, 1.54) is 22.4 Å². The second-order valence-electron chi connectivity index (χ2n) is 5.40. The zero-order valence-corrected chi connectivity index (χ0v) is 12.7. The topological polar surface area (TPSA) is 15.3 Å². The fourth-order valence-corrected chi connectivity index (χ4v) is 2.30. The number of aryl methyl sites for hydroxylation is 1. The van der Waals surface area contributed by atoms with Crippen LogP contribution in [0.5, 0.6) is 0 Å². The van der Waals surface area contributed by atoms with Gasteiger partial charge in [-0.3, -0.25) is 0 Å². The molecule has 2 nitrogen and oxygen atoms in total. The molecule has 0 saturated carbocycles. The summed E-state index contributed by atoms with van der Waals surface area (Å²) >= 11 is 0. The van der Waals surface area contributed by atoms with Crippen molar-refractivity contribution in [3.63, 3.8) is 0 Å². The lowest BCUT2D eigenvalue weighted by molar-refractivity contribution is 0.340. The molecule has 0 spiro atoms. The van der Waals surface area contributed by atoms with E-state index >= 15 is 0 Å². The molecule has 0 aromatic heterocycles. The molecule has 0 atom stereocenters. The van der Waals surface area contributed by atoms with Crippen molar-refractivity contribution in [3.8, 4) is 0 Å². The van der Waals surface area contributed by atoms with Gasteiger partial charge in [0.2, 0.25) is 0 Å². The lowest BCUT2D eigenvalue weighted by Crippen LogP contribution is -2.25. The van der Waals surface area contributed by atoms with Gasteiger partial charge in [0.1, 0.15) is 0 Å². The molecular weight excluding hydrogens is 244 g/mol. The summed E-state index contributed by atoms with van der Waals surface area (Å²) in [6.45, 7) is 7.32. The molecule has 0 aliphatic carbocycles. The van der Waals surface area contributed by atoms with Crippen LogP contribution in [0.2, 0.25) is 0 Å². The number of nitrogens with one attached hydrogen (secondary N) is 1. The van der Waals surface area contributed by atoms with Gasteiger partial charge >= 0.3 is 0 Å². The highest BCUT2D eigenvalue weighted by molar-refractivity contribution is 5.53. The summed E-state index contributed by atoms with van der Waals surface area (Å²) in [5.74, 6) is 0. The average molecular weight is 268 g/mol. The summed E-state index contributed by atoms with van der Waals surface area (Å²) in [7, 11) is 2.16. The van der Waals surface area contributed by atoms with Crippen LogP contribution in [0, 0.1) is 13.8 Å². The number of benzene rings is 2. The summed E-state index contributed by atoms with van der Waals surface area (Å²) in [6, 6.07) is 17.0. The fraction of sp³-hybridized carbons (Fsp3) is 0.333. The highest BCUT2D eigenvalue weighted by atomic mass is 15.1. The Morgan fingerprint density at radius 1 is 0.950 bits per heavy atom. The van der Waals surface area contributed by atoms with Gasteiger partial charge < -0.3 is 10.2 Å². The normalized spacial score (nSPS) is 10.8. The summed E-state index contributed by atoms with van der Waals surface area (Å²) in [4.78, 5) is 2.34. The molecule has 20 heavy (non-hydrogen) atoms. The van der Waals surface area contributed by atoms with Gasteiger partial charge in [0.05, 0.1) is 0 Å². The second-order valence-corrected chi connectivity index (χ2v) is 5.40. The van der Waals surface area contributed by atoms with E-state index in [4.69, 9.17) is 0 Å². The van der Waals surface area contributed by atoms with Gasteiger partial charge in [-0.2, -0.15) is 0 Å². The summed E-state index contributed by atoms with van der Waals surface area (Å²) < 4.78 is 0. The van der Waals surface area contributed by atoms with E-state index in [0.29, 0.717) is 0 Å². The molecule has 106 valence electrons. The number of rotatable bonds is 6. The first-order valence-corrected chi connectivity index (χ1v) is 7.19. The van der Waals surface area contributed by atoms with Gasteiger partial charge in [-0.25, -0.2) is 0 Å². The molecule has 0 heterocycles. The standard InChI is InChI=1S/C18H24N2/c1-15-8-7-11-18(16(15)2)19-12-13-20(3)14-17-9-5-4-6-10-17/h4-11,19H,12-14H2,1-3H3. The number of likely N-dealkylation sites (N-methyl/N-ethyl adjacent to an activating group) is 1. The van der Waals surface area contributed by atoms with Crippen molar-refractivity contribution in [2.24, 2.45) is 0 Å². The Bertz CT molecular complexity index is 534. The molecule has 0 unspecified atom stereocenters. The molecule has 1 N–H and O–H groups in total. The Morgan fingerprint density at radius 2 is 1.70 bits per heavy atom. The van der Waals surface area contributed by atoms with Crippen LogP contribution in [0.4, 0.5) is 5.69 Å². The molecule has 0 fully saturated rings. The highest BCUT2D eigenvalue weighted by Crippen LogP contribution is 2.17. The Kier molecular flexibility index (Phi) is 5.19. The maximum Gasteiger partial charge on any atom is 0.0372 e. The molecule has 0 bridgehead atoms. The van der Waals surface area contributed by atoms with Crippen molar-refractivity contribution in [2.45, 2.75) is 20.4 Å². The molecule has 0 amide bonds. The third-order valence-electron chi connectivity index (χ3n) is 3.71. The van der Waals surface area contributed by atoms with Crippen molar-refractivity contribution < 1.29 is 0 Å². The van der Waals surface area contributed by atoms with Crippen molar-refractivity contribution in [1.82, 2.24) is 4.90 Å². The lowest BCUT2D eigenvalue weighted by Gasteiger charge is -2.18. The first-order chi connectivity index (χ1) is 9.66. The van der Waals surface area contributed by atoms with E-state index in [0.717, 1.165) is 19.6 Å². The molecular formula is C18H24N2. The second kappa shape index (κ2) is 7.11. The Hall–Kier alpha value is -1.80. The third-order valence-corrected chi connectivity index (χ3v) is 3.71. The van der Waals surface area contributed by atoms with Gasteiger partial charge in [-0.1, -0.05) is 42.5 Å². The van der Waals surface area contributed by atoms with E-state index in [9.17, 15) is 0 Å².